The summed E-state index contributed by atoms with van der Waals surface area (Å²) in [6, 6.07) is 12.2. The average molecular weight is 325 g/mol. The van der Waals surface area contributed by atoms with Crippen LogP contribution in [0.1, 0.15) is 22.6 Å². The summed E-state index contributed by atoms with van der Waals surface area (Å²) in [6.45, 7) is 3.65. The third kappa shape index (κ3) is 3.22. The minimum Gasteiger partial charge on any atom is -0.466 e. The molecular formula is C18H19N3O3. The van der Waals surface area contributed by atoms with Gasteiger partial charge in [0.2, 0.25) is 5.88 Å². The third-order valence-electron chi connectivity index (χ3n) is 3.79. The Morgan fingerprint density at radius 3 is 2.67 bits per heavy atom. The molecule has 0 atom stereocenters. The van der Waals surface area contributed by atoms with Crippen molar-refractivity contribution in [3.8, 4) is 5.88 Å². The first-order valence-corrected chi connectivity index (χ1v) is 7.68. The predicted molar refractivity (Wildman–Crippen MR) is 89.2 cm³/mol. The van der Waals surface area contributed by atoms with Crippen LogP contribution < -0.4 is 4.74 Å². The van der Waals surface area contributed by atoms with E-state index in [1.807, 2.05) is 35.7 Å². The standard InChI is InChI=1S/C18H19N3O3/c1-12-9-16-18(24-11-17(22)23-3)19-13(2)20-21(16)15(12)10-14-7-5-4-6-8-14/h4-9H,10-11H2,1-3H3. The Morgan fingerprint density at radius 2 is 1.96 bits per heavy atom. The average Bonchev–Trinajstić information content (AvgIpc) is 2.89. The van der Waals surface area contributed by atoms with E-state index in [1.165, 1.54) is 12.7 Å². The number of carbonyl (C=O) groups excluding carboxylic acids is 1. The van der Waals surface area contributed by atoms with Crippen LogP contribution in [-0.4, -0.2) is 34.3 Å². The van der Waals surface area contributed by atoms with Gasteiger partial charge in [0, 0.05) is 6.42 Å². The summed E-state index contributed by atoms with van der Waals surface area (Å²) >= 11 is 0. The Balaban J connectivity index is 2.01. The molecule has 0 saturated carbocycles. The second kappa shape index (κ2) is 6.70. The van der Waals surface area contributed by atoms with Crippen molar-refractivity contribution in [2.75, 3.05) is 13.7 Å². The number of hydrogen-bond acceptors (Lipinski definition) is 5. The smallest absolute Gasteiger partial charge is 0.343 e. The maximum Gasteiger partial charge on any atom is 0.343 e. The molecule has 0 radical (unpaired) electrons. The number of carbonyl (C=O) groups is 1. The fourth-order valence-electron chi connectivity index (χ4n) is 2.60. The zero-order chi connectivity index (χ0) is 17.1. The van der Waals surface area contributed by atoms with Gasteiger partial charge >= 0.3 is 5.97 Å². The lowest BCUT2D eigenvalue weighted by atomic mass is 10.1. The molecule has 6 nitrogen and oxygen atoms in total. The second-order valence-corrected chi connectivity index (χ2v) is 5.56. The fourth-order valence-corrected chi connectivity index (χ4v) is 2.60. The molecule has 0 N–H and O–H groups in total. The van der Waals surface area contributed by atoms with Crippen LogP contribution in [0.3, 0.4) is 0 Å². The zero-order valence-corrected chi connectivity index (χ0v) is 13.9. The number of ether oxygens (including phenoxy) is 2. The van der Waals surface area contributed by atoms with Crippen molar-refractivity contribution in [3.63, 3.8) is 0 Å². The number of aromatic nitrogens is 3. The Kier molecular flexibility index (Phi) is 4.46. The molecule has 3 rings (SSSR count). The first-order valence-electron chi connectivity index (χ1n) is 7.68. The van der Waals surface area contributed by atoms with Crippen LogP contribution >= 0.6 is 0 Å². The number of hydrogen-bond donors (Lipinski definition) is 0. The molecule has 1 aromatic carbocycles. The molecule has 0 unspecified atom stereocenters. The van der Waals surface area contributed by atoms with E-state index in [1.54, 1.807) is 6.92 Å². The molecule has 0 amide bonds. The highest BCUT2D eigenvalue weighted by atomic mass is 16.6. The summed E-state index contributed by atoms with van der Waals surface area (Å²) in [5.74, 6) is 0.514. The van der Waals surface area contributed by atoms with E-state index < -0.39 is 5.97 Å². The minimum atomic E-state index is -0.447. The van der Waals surface area contributed by atoms with Crippen LogP contribution in [0.5, 0.6) is 5.88 Å². The van der Waals surface area contributed by atoms with Gasteiger partial charge in [-0.1, -0.05) is 30.3 Å². The van der Waals surface area contributed by atoms with E-state index in [2.05, 4.69) is 27.0 Å². The minimum absolute atomic E-state index is 0.180. The predicted octanol–water partition coefficient (Wildman–Crippen LogP) is 2.49. The molecule has 24 heavy (non-hydrogen) atoms. The second-order valence-electron chi connectivity index (χ2n) is 5.56. The summed E-state index contributed by atoms with van der Waals surface area (Å²) in [5.41, 5.74) is 4.12. The molecule has 0 aliphatic heterocycles. The largest absolute Gasteiger partial charge is 0.466 e. The van der Waals surface area contributed by atoms with Gasteiger partial charge in [0.25, 0.3) is 0 Å². The van der Waals surface area contributed by atoms with Crippen LogP contribution in [0.25, 0.3) is 5.52 Å². The number of rotatable bonds is 5. The third-order valence-corrected chi connectivity index (χ3v) is 3.79. The first-order chi connectivity index (χ1) is 11.6. The topological polar surface area (TPSA) is 65.7 Å². The Morgan fingerprint density at radius 1 is 1.21 bits per heavy atom. The Bertz CT molecular complexity index is 872. The van der Waals surface area contributed by atoms with E-state index in [4.69, 9.17) is 4.74 Å². The molecule has 0 spiro atoms. The lowest BCUT2D eigenvalue weighted by Crippen LogP contribution is -2.14. The number of fused-ring (bicyclic) bond motifs is 1. The SMILES string of the molecule is COC(=O)COc1nc(C)nn2c(Cc3ccccc3)c(C)cc12. The van der Waals surface area contributed by atoms with Crippen molar-refractivity contribution < 1.29 is 14.3 Å². The first kappa shape index (κ1) is 16.0. The van der Waals surface area contributed by atoms with Crippen LogP contribution in [0.2, 0.25) is 0 Å². The van der Waals surface area contributed by atoms with Crippen LogP contribution in [0.4, 0.5) is 0 Å². The number of benzene rings is 1. The number of nitrogens with zero attached hydrogens (tertiary/aromatic N) is 3. The van der Waals surface area contributed by atoms with Gasteiger partial charge in [-0.3, -0.25) is 0 Å². The molecule has 0 aliphatic rings. The molecule has 0 bridgehead atoms. The van der Waals surface area contributed by atoms with Gasteiger partial charge in [-0.25, -0.2) is 9.31 Å². The van der Waals surface area contributed by atoms with Crippen molar-refractivity contribution in [1.82, 2.24) is 14.6 Å². The Labute approximate surface area is 140 Å². The maximum atomic E-state index is 11.3. The summed E-state index contributed by atoms with van der Waals surface area (Å²) in [5, 5.41) is 4.51. The summed E-state index contributed by atoms with van der Waals surface area (Å²) < 4.78 is 12.0. The summed E-state index contributed by atoms with van der Waals surface area (Å²) in [7, 11) is 1.33. The molecule has 2 aromatic heterocycles. The van der Waals surface area contributed by atoms with Crippen molar-refractivity contribution in [1.29, 1.82) is 0 Å². The fraction of sp³-hybridized carbons (Fsp3) is 0.278. The highest BCUT2D eigenvalue weighted by molar-refractivity contribution is 5.71. The normalized spacial score (nSPS) is 10.8. The van der Waals surface area contributed by atoms with E-state index in [0.717, 1.165) is 23.2 Å². The van der Waals surface area contributed by atoms with Crippen molar-refractivity contribution in [2.24, 2.45) is 0 Å². The number of esters is 1. The van der Waals surface area contributed by atoms with Gasteiger partial charge in [-0.2, -0.15) is 10.1 Å². The van der Waals surface area contributed by atoms with Crippen LogP contribution in [-0.2, 0) is 16.0 Å². The molecule has 0 saturated heterocycles. The number of aryl methyl sites for hydroxylation is 2. The molecule has 3 aromatic rings. The summed E-state index contributed by atoms with van der Waals surface area (Å²) in [6.07, 6.45) is 0.758. The van der Waals surface area contributed by atoms with Gasteiger partial charge in [0.1, 0.15) is 11.3 Å². The van der Waals surface area contributed by atoms with E-state index in [-0.39, 0.29) is 6.61 Å². The van der Waals surface area contributed by atoms with Gasteiger partial charge < -0.3 is 9.47 Å². The van der Waals surface area contributed by atoms with E-state index >= 15 is 0 Å². The van der Waals surface area contributed by atoms with E-state index in [9.17, 15) is 4.79 Å². The molecule has 0 fully saturated rings. The number of methoxy groups -OCH3 is 1. The van der Waals surface area contributed by atoms with Gasteiger partial charge in [-0.15, -0.1) is 0 Å². The van der Waals surface area contributed by atoms with Crippen LogP contribution in [0.15, 0.2) is 36.4 Å². The highest BCUT2D eigenvalue weighted by Gasteiger charge is 2.16. The van der Waals surface area contributed by atoms with Crippen molar-refractivity contribution in [3.05, 3.63) is 59.0 Å². The maximum absolute atomic E-state index is 11.3. The molecule has 2 heterocycles. The monoisotopic (exact) mass is 325 g/mol. The molecule has 0 aliphatic carbocycles. The Hall–Kier alpha value is -2.89. The molecule has 124 valence electrons. The van der Waals surface area contributed by atoms with Gasteiger partial charge in [0.15, 0.2) is 6.61 Å². The highest BCUT2D eigenvalue weighted by Crippen LogP contribution is 2.24. The molecule has 6 heteroatoms. The van der Waals surface area contributed by atoms with Crippen molar-refractivity contribution in [2.45, 2.75) is 20.3 Å². The van der Waals surface area contributed by atoms with Gasteiger partial charge in [-0.05, 0) is 31.0 Å². The quantitative estimate of drug-likeness (QED) is 0.674. The van der Waals surface area contributed by atoms with Crippen LogP contribution in [0, 0.1) is 13.8 Å². The van der Waals surface area contributed by atoms with E-state index in [0.29, 0.717) is 11.7 Å². The summed E-state index contributed by atoms with van der Waals surface area (Å²) in [4.78, 5) is 15.6. The molecular weight excluding hydrogens is 306 g/mol. The van der Waals surface area contributed by atoms with Crippen molar-refractivity contribution >= 4 is 11.5 Å². The lowest BCUT2D eigenvalue weighted by Gasteiger charge is -2.08. The zero-order valence-electron chi connectivity index (χ0n) is 13.9. The lowest BCUT2D eigenvalue weighted by molar-refractivity contribution is -0.143. The van der Waals surface area contributed by atoms with Gasteiger partial charge in [0.05, 0.1) is 12.8 Å².